The average Bonchev–Trinajstić information content (AvgIpc) is 2.49. The van der Waals surface area contributed by atoms with Gasteiger partial charge in [0.25, 0.3) is 0 Å². The number of anilines is 1. The summed E-state index contributed by atoms with van der Waals surface area (Å²) in [6.45, 7) is 5.18. The Morgan fingerprint density at radius 1 is 1.29 bits per heavy atom. The van der Waals surface area contributed by atoms with E-state index in [2.05, 4.69) is 17.1 Å². The summed E-state index contributed by atoms with van der Waals surface area (Å²) in [6.07, 6.45) is 4.13. The largest absolute Gasteiger partial charge is 0.377 e. The minimum absolute atomic E-state index is 0.00457. The minimum Gasteiger partial charge on any atom is -0.377 e. The molecule has 0 bridgehead atoms. The number of likely N-dealkylation sites (tertiary alicyclic amines) is 1. The van der Waals surface area contributed by atoms with Crippen LogP contribution in [0.4, 0.5) is 14.5 Å². The molecule has 2 rings (SSSR count). The summed E-state index contributed by atoms with van der Waals surface area (Å²) >= 11 is 0. The molecule has 3 nitrogen and oxygen atoms in total. The molecular formula is C16H21F2N3. The maximum absolute atomic E-state index is 13.8. The van der Waals surface area contributed by atoms with Crippen molar-refractivity contribution in [3.8, 4) is 6.07 Å². The van der Waals surface area contributed by atoms with Crippen molar-refractivity contribution in [2.45, 2.75) is 38.6 Å². The van der Waals surface area contributed by atoms with Gasteiger partial charge in [0, 0.05) is 19.1 Å². The number of piperidine rings is 1. The molecule has 21 heavy (non-hydrogen) atoms. The predicted octanol–water partition coefficient (Wildman–Crippen LogP) is 3.51. The van der Waals surface area contributed by atoms with Gasteiger partial charge < -0.3 is 10.2 Å². The number of hydrogen-bond acceptors (Lipinski definition) is 3. The van der Waals surface area contributed by atoms with Crippen LogP contribution in [-0.2, 0) is 0 Å². The quantitative estimate of drug-likeness (QED) is 0.903. The Bertz CT molecular complexity index is 494. The van der Waals surface area contributed by atoms with Crippen LogP contribution in [0, 0.1) is 23.0 Å². The zero-order chi connectivity index (χ0) is 15.2. The first-order valence-electron chi connectivity index (χ1n) is 7.52. The number of nitrogens with zero attached hydrogens (tertiary/aromatic N) is 2. The van der Waals surface area contributed by atoms with Crippen LogP contribution in [0.3, 0.4) is 0 Å². The predicted molar refractivity (Wildman–Crippen MR) is 79.1 cm³/mol. The number of unbranched alkanes of at least 4 members (excludes halogenated alkanes) is 1. The van der Waals surface area contributed by atoms with E-state index in [-0.39, 0.29) is 17.3 Å². The first-order valence-corrected chi connectivity index (χ1v) is 7.52. The third-order valence-corrected chi connectivity index (χ3v) is 3.94. The molecule has 114 valence electrons. The van der Waals surface area contributed by atoms with Crippen LogP contribution < -0.4 is 5.32 Å². The summed E-state index contributed by atoms with van der Waals surface area (Å²) in [7, 11) is 0. The summed E-state index contributed by atoms with van der Waals surface area (Å²) in [6, 6.07) is 3.98. The third kappa shape index (κ3) is 4.15. The van der Waals surface area contributed by atoms with Crippen molar-refractivity contribution in [2.75, 3.05) is 25.0 Å². The van der Waals surface area contributed by atoms with Crippen LogP contribution in [0.2, 0.25) is 0 Å². The molecule has 0 spiro atoms. The third-order valence-electron chi connectivity index (χ3n) is 3.94. The van der Waals surface area contributed by atoms with Gasteiger partial charge in [0.2, 0.25) is 0 Å². The Morgan fingerprint density at radius 2 is 1.90 bits per heavy atom. The monoisotopic (exact) mass is 293 g/mol. The van der Waals surface area contributed by atoms with Gasteiger partial charge in [0.05, 0.1) is 11.6 Å². The fourth-order valence-electron chi connectivity index (χ4n) is 2.66. The zero-order valence-corrected chi connectivity index (χ0v) is 12.3. The number of hydrogen-bond donors (Lipinski definition) is 1. The molecule has 1 N–H and O–H groups in total. The van der Waals surface area contributed by atoms with Crippen molar-refractivity contribution in [1.82, 2.24) is 4.90 Å². The molecule has 0 amide bonds. The molecule has 5 heteroatoms. The van der Waals surface area contributed by atoms with Gasteiger partial charge in [0.1, 0.15) is 5.69 Å². The van der Waals surface area contributed by atoms with Crippen LogP contribution in [0.5, 0.6) is 0 Å². The number of nitriles is 1. The van der Waals surface area contributed by atoms with Crippen LogP contribution in [0.1, 0.15) is 38.2 Å². The Labute approximate surface area is 124 Å². The van der Waals surface area contributed by atoms with Gasteiger partial charge in [0.15, 0.2) is 11.6 Å². The van der Waals surface area contributed by atoms with E-state index in [1.807, 2.05) is 0 Å². The van der Waals surface area contributed by atoms with Gasteiger partial charge >= 0.3 is 0 Å². The average molecular weight is 293 g/mol. The van der Waals surface area contributed by atoms with Crippen LogP contribution in [-0.4, -0.2) is 30.6 Å². The van der Waals surface area contributed by atoms with Crippen molar-refractivity contribution in [3.63, 3.8) is 0 Å². The molecule has 1 aliphatic rings. The normalized spacial score (nSPS) is 16.7. The molecule has 1 heterocycles. The van der Waals surface area contributed by atoms with Crippen molar-refractivity contribution in [1.29, 1.82) is 5.26 Å². The van der Waals surface area contributed by atoms with Crippen LogP contribution in [0.25, 0.3) is 0 Å². The smallest absolute Gasteiger partial charge is 0.150 e. The summed E-state index contributed by atoms with van der Waals surface area (Å²) < 4.78 is 27.7. The van der Waals surface area contributed by atoms with Crippen molar-refractivity contribution in [2.24, 2.45) is 0 Å². The maximum atomic E-state index is 13.8. The lowest BCUT2D eigenvalue weighted by molar-refractivity contribution is 0.216. The van der Waals surface area contributed by atoms with Crippen molar-refractivity contribution < 1.29 is 8.78 Å². The molecule has 1 saturated heterocycles. The highest BCUT2D eigenvalue weighted by Crippen LogP contribution is 2.24. The molecule has 0 atom stereocenters. The van der Waals surface area contributed by atoms with E-state index in [1.165, 1.54) is 12.8 Å². The van der Waals surface area contributed by atoms with Crippen molar-refractivity contribution in [3.05, 3.63) is 29.3 Å². The van der Waals surface area contributed by atoms with Crippen LogP contribution >= 0.6 is 0 Å². The first kappa shape index (κ1) is 15.7. The van der Waals surface area contributed by atoms with Gasteiger partial charge in [-0.25, -0.2) is 8.78 Å². The van der Waals surface area contributed by atoms with Crippen molar-refractivity contribution >= 4 is 5.69 Å². The van der Waals surface area contributed by atoms with Gasteiger partial charge in [-0.05, 0) is 37.9 Å². The Balaban J connectivity index is 1.93. The molecule has 0 aliphatic carbocycles. The lowest BCUT2D eigenvalue weighted by Crippen LogP contribution is -2.39. The van der Waals surface area contributed by atoms with E-state index in [0.29, 0.717) is 0 Å². The molecular weight excluding hydrogens is 272 g/mol. The number of nitrogens with one attached hydrogen (secondary N) is 1. The number of benzene rings is 1. The summed E-state index contributed by atoms with van der Waals surface area (Å²) in [5.41, 5.74) is -0.106. The molecule has 1 aliphatic heterocycles. The highest BCUT2D eigenvalue weighted by atomic mass is 19.1. The van der Waals surface area contributed by atoms with E-state index in [0.717, 1.165) is 44.6 Å². The van der Waals surface area contributed by atoms with Gasteiger partial charge in [-0.15, -0.1) is 0 Å². The zero-order valence-electron chi connectivity index (χ0n) is 12.3. The summed E-state index contributed by atoms with van der Waals surface area (Å²) in [5.74, 6) is -1.39. The molecule has 0 unspecified atom stereocenters. The molecule has 1 fully saturated rings. The SMILES string of the molecule is CCCCN1CCC(Nc2c(F)cc(C#N)cc2F)CC1. The van der Waals surface area contributed by atoms with Gasteiger partial charge in [-0.1, -0.05) is 13.3 Å². The molecule has 1 aromatic carbocycles. The Hall–Kier alpha value is -1.67. The topological polar surface area (TPSA) is 39.1 Å². The second-order valence-electron chi connectivity index (χ2n) is 5.54. The second kappa shape index (κ2) is 7.37. The minimum atomic E-state index is -0.694. The van der Waals surface area contributed by atoms with Gasteiger partial charge in [-0.3, -0.25) is 0 Å². The molecule has 0 radical (unpaired) electrons. The summed E-state index contributed by atoms with van der Waals surface area (Å²) in [4.78, 5) is 2.40. The maximum Gasteiger partial charge on any atom is 0.150 e. The lowest BCUT2D eigenvalue weighted by atomic mass is 10.0. The molecule has 0 saturated carbocycles. The van der Waals surface area contributed by atoms with E-state index in [9.17, 15) is 8.78 Å². The Kier molecular flexibility index (Phi) is 5.51. The molecule has 1 aromatic rings. The summed E-state index contributed by atoms with van der Waals surface area (Å²) in [5, 5.41) is 11.6. The lowest BCUT2D eigenvalue weighted by Gasteiger charge is -2.32. The highest BCUT2D eigenvalue weighted by molar-refractivity contribution is 5.51. The van der Waals surface area contributed by atoms with E-state index in [1.54, 1.807) is 6.07 Å². The second-order valence-corrected chi connectivity index (χ2v) is 5.54. The fraction of sp³-hybridized carbons (Fsp3) is 0.562. The Morgan fingerprint density at radius 3 is 2.43 bits per heavy atom. The standard InChI is InChI=1S/C16H21F2N3/c1-2-3-6-21-7-4-13(5-8-21)20-16-14(17)9-12(11-19)10-15(16)18/h9-10,13,20H,2-8H2,1H3. The first-order chi connectivity index (χ1) is 10.1. The number of rotatable bonds is 5. The van der Waals surface area contributed by atoms with Crippen LogP contribution in [0.15, 0.2) is 12.1 Å². The van der Waals surface area contributed by atoms with E-state index >= 15 is 0 Å². The van der Waals surface area contributed by atoms with E-state index in [4.69, 9.17) is 5.26 Å². The van der Waals surface area contributed by atoms with E-state index < -0.39 is 11.6 Å². The highest BCUT2D eigenvalue weighted by Gasteiger charge is 2.21. The molecule has 0 aromatic heterocycles. The van der Waals surface area contributed by atoms with Gasteiger partial charge in [-0.2, -0.15) is 5.26 Å². The fourth-order valence-corrected chi connectivity index (χ4v) is 2.66. The number of halogens is 2.